The van der Waals surface area contributed by atoms with Gasteiger partial charge in [-0.1, -0.05) is 32.0 Å². The van der Waals surface area contributed by atoms with Gasteiger partial charge in [-0.2, -0.15) is 0 Å². The van der Waals surface area contributed by atoms with E-state index in [0.717, 1.165) is 16.7 Å². The first kappa shape index (κ1) is 20.7. The number of ether oxygens (including phenoxy) is 1. The molecule has 0 radical (unpaired) electrons. The maximum absolute atomic E-state index is 12.5. The zero-order chi connectivity index (χ0) is 19.1. The van der Waals surface area contributed by atoms with Gasteiger partial charge in [0, 0.05) is 13.3 Å². The molecule has 0 saturated carbocycles. The van der Waals surface area contributed by atoms with Crippen LogP contribution in [0.15, 0.2) is 18.2 Å². The van der Waals surface area contributed by atoms with Crippen molar-refractivity contribution in [3.8, 4) is 0 Å². The van der Waals surface area contributed by atoms with Gasteiger partial charge in [-0.25, -0.2) is 4.79 Å². The van der Waals surface area contributed by atoms with E-state index in [1.54, 1.807) is 0 Å². The minimum Gasteiger partial charge on any atom is -0.467 e. The molecule has 2 atom stereocenters. The highest BCUT2D eigenvalue weighted by atomic mass is 16.5. The van der Waals surface area contributed by atoms with Crippen molar-refractivity contribution in [2.45, 2.75) is 53.1 Å². The molecule has 0 spiro atoms. The Balaban J connectivity index is 2.94. The largest absolute Gasteiger partial charge is 0.467 e. The molecule has 0 heterocycles. The predicted molar refractivity (Wildman–Crippen MR) is 96.0 cm³/mol. The first-order valence-electron chi connectivity index (χ1n) is 8.37. The van der Waals surface area contributed by atoms with Crippen LogP contribution in [0.4, 0.5) is 0 Å². The van der Waals surface area contributed by atoms with Gasteiger partial charge in [-0.3, -0.25) is 9.59 Å². The molecule has 0 aromatic heterocycles. The Morgan fingerprint density at radius 1 is 1.08 bits per heavy atom. The van der Waals surface area contributed by atoms with Crippen molar-refractivity contribution in [2.75, 3.05) is 7.11 Å². The van der Waals surface area contributed by atoms with E-state index in [1.807, 2.05) is 45.9 Å². The highest BCUT2D eigenvalue weighted by molar-refractivity contribution is 5.90. The van der Waals surface area contributed by atoms with E-state index in [2.05, 4.69) is 10.6 Å². The zero-order valence-electron chi connectivity index (χ0n) is 15.8. The summed E-state index contributed by atoms with van der Waals surface area (Å²) in [5, 5.41) is 5.33. The number of rotatable bonds is 7. The van der Waals surface area contributed by atoms with Crippen LogP contribution < -0.4 is 10.6 Å². The lowest BCUT2D eigenvalue weighted by atomic mass is 9.99. The monoisotopic (exact) mass is 348 g/mol. The number of hydrogen-bond acceptors (Lipinski definition) is 4. The van der Waals surface area contributed by atoms with Crippen molar-refractivity contribution in [2.24, 2.45) is 5.92 Å². The van der Waals surface area contributed by atoms with Gasteiger partial charge >= 0.3 is 5.97 Å². The number of benzene rings is 1. The number of carbonyl (C=O) groups is 3. The molecule has 0 fully saturated rings. The Bertz CT molecular complexity index is 640. The average molecular weight is 348 g/mol. The van der Waals surface area contributed by atoms with Crippen molar-refractivity contribution >= 4 is 17.8 Å². The van der Waals surface area contributed by atoms with Gasteiger partial charge in [0.25, 0.3) is 0 Å². The van der Waals surface area contributed by atoms with Gasteiger partial charge in [0.1, 0.15) is 12.1 Å². The summed E-state index contributed by atoms with van der Waals surface area (Å²) in [5.74, 6) is -1.32. The molecule has 0 unspecified atom stereocenters. The van der Waals surface area contributed by atoms with Crippen molar-refractivity contribution in [3.05, 3.63) is 34.9 Å². The van der Waals surface area contributed by atoms with Crippen molar-refractivity contribution in [1.29, 1.82) is 0 Å². The first-order valence-corrected chi connectivity index (χ1v) is 8.37. The molecule has 1 rings (SSSR count). The summed E-state index contributed by atoms with van der Waals surface area (Å²) >= 11 is 0. The topological polar surface area (TPSA) is 84.5 Å². The molecule has 0 saturated heterocycles. The second kappa shape index (κ2) is 9.20. The predicted octanol–water partition coefficient (Wildman–Crippen LogP) is 1.66. The van der Waals surface area contributed by atoms with E-state index in [-0.39, 0.29) is 11.8 Å². The Kier molecular flexibility index (Phi) is 7.61. The number of aryl methyl sites for hydroxylation is 2. The number of esters is 1. The maximum Gasteiger partial charge on any atom is 0.328 e. The van der Waals surface area contributed by atoms with E-state index < -0.39 is 24.0 Å². The Labute approximate surface area is 149 Å². The third-order valence-electron chi connectivity index (χ3n) is 4.12. The molecule has 25 heavy (non-hydrogen) atoms. The lowest BCUT2D eigenvalue weighted by Gasteiger charge is -2.24. The summed E-state index contributed by atoms with van der Waals surface area (Å²) in [4.78, 5) is 35.9. The fraction of sp³-hybridized carbons (Fsp3) is 0.526. The van der Waals surface area contributed by atoms with Crippen LogP contribution in [0.3, 0.4) is 0 Å². The molecular formula is C19H28N2O4. The molecule has 0 aliphatic heterocycles. The standard InChI is InChI=1S/C19H28N2O4/c1-11(2)17(20-14(5)22)18(23)21-16(19(24)25-6)10-15-8-7-12(3)13(4)9-15/h7-9,11,16-17H,10H2,1-6H3,(H,20,22)(H,21,23)/t16-,17-/m1/s1. The van der Waals surface area contributed by atoms with Gasteiger partial charge in [-0.15, -0.1) is 0 Å². The molecular weight excluding hydrogens is 320 g/mol. The fourth-order valence-electron chi connectivity index (χ4n) is 2.52. The molecule has 2 amide bonds. The van der Waals surface area contributed by atoms with Gasteiger partial charge in [0.05, 0.1) is 7.11 Å². The molecule has 1 aromatic carbocycles. The lowest BCUT2D eigenvalue weighted by molar-refractivity contribution is -0.145. The minimum absolute atomic E-state index is 0.108. The maximum atomic E-state index is 12.5. The Morgan fingerprint density at radius 2 is 1.72 bits per heavy atom. The molecule has 0 aliphatic carbocycles. The SMILES string of the molecule is COC(=O)[C@@H](Cc1ccc(C)c(C)c1)NC(=O)[C@H](NC(C)=O)C(C)C. The molecule has 6 nitrogen and oxygen atoms in total. The van der Waals surface area contributed by atoms with Crippen LogP contribution in [0.25, 0.3) is 0 Å². The average Bonchev–Trinajstić information content (AvgIpc) is 2.54. The van der Waals surface area contributed by atoms with Crippen LogP contribution in [0.1, 0.15) is 37.5 Å². The second-order valence-corrected chi connectivity index (χ2v) is 6.63. The summed E-state index contributed by atoms with van der Waals surface area (Å²) in [6.07, 6.45) is 0.324. The summed E-state index contributed by atoms with van der Waals surface area (Å²) in [6, 6.07) is 4.39. The number of methoxy groups -OCH3 is 1. The number of amides is 2. The quantitative estimate of drug-likeness (QED) is 0.734. The number of hydrogen-bond donors (Lipinski definition) is 2. The van der Waals surface area contributed by atoms with Crippen molar-refractivity contribution in [1.82, 2.24) is 10.6 Å². The Hall–Kier alpha value is -2.37. The van der Waals surface area contributed by atoms with Crippen LogP contribution in [0, 0.1) is 19.8 Å². The van der Waals surface area contributed by atoms with Crippen LogP contribution in [0.2, 0.25) is 0 Å². The van der Waals surface area contributed by atoms with Crippen molar-refractivity contribution in [3.63, 3.8) is 0 Å². The summed E-state index contributed by atoms with van der Waals surface area (Å²) in [5.41, 5.74) is 3.21. The molecule has 0 aliphatic rings. The number of nitrogens with one attached hydrogen (secondary N) is 2. The second-order valence-electron chi connectivity index (χ2n) is 6.63. The molecule has 0 bridgehead atoms. The normalized spacial score (nSPS) is 13.1. The molecule has 6 heteroatoms. The first-order chi connectivity index (χ1) is 11.6. The van der Waals surface area contributed by atoms with E-state index in [9.17, 15) is 14.4 Å². The fourth-order valence-corrected chi connectivity index (χ4v) is 2.52. The highest BCUT2D eigenvalue weighted by Gasteiger charge is 2.28. The molecule has 2 N–H and O–H groups in total. The third kappa shape index (κ3) is 6.21. The highest BCUT2D eigenvalue weighted by Crippen LogP contribution is 2.13. The third-order valence-corrected chi connectivity index (χ3v) is 4.12. The summed E-state index contributed by atoms with van der Waals surface area (Å²) in [6.45, 7) is 9.03. The lowest BCUT2D eigenvalue weighted by Crippen LogP contribution is -2.54. The van der Waals surface area contributed by atoms with E-state index >= 15 is 0 Å². The molecule has 1 aromatic rings. The van der Waals surface area contributed by atoms with Gasteiger partial charge in [-0.05, 0) is 36.5 Å². The van der Waals surface area contributed by atoms with Crippen LogP contribution >= 0.6 is 0 Å². The van der Waals surface area contributed by atoms with Gasteiger partial charge in [0.2, 0.25) is 11.8 Å². The Morgan fingerprint density at radius 3 is 2.20 bits per heavy atom. The summed E-state index contributed by atoms with van der Waals surface area (Å²) < 4.78 is 4.82. The van der Waals surface area contributed by atoms with Crippen LogP contribution in [-0.4, -0.2) is 37.0 Å². The zero-order valence-corrected chi connectivity index (χ0v) is 15.8. The smallest absolute Gasteiger partial charge is 0.328 e. The van der Waals surface area contributed by atoms with E-state index in [1.165, 1.54) is 14.0 Å². The van der Waals surface area contributed by atoms with Crippen LogP contribution in [0.5, 0.6) is 0 Å². The van der Waals surface area contributed by atoms with Crippen molar-refractivity contribution < 1.29 is 19.1 Å². The van der Waals surface area contributed by atoms with Crippen LogP contribution in [-0.2, 0) is 25.5 Å². The summed E-state index contributed by atoms with van der Waals surface area (Å²) in [7, 11) is 1.29. The number of carbonyl (C=O) groups excluding carboxylic acids is 3. The van der Waals surface area contributed by atoms with Gasteiger partial charge in [0.15, 0.2) is 0 Å². The van der Waals surface area contributed by atoms with E-state index in [0.29, 0.717) is 6.42 Å². The van der Waals surface area contributed by atoms with E-state index in [4.69, 9.17) is 4.74 Å². The van der Waals surface area contributed by atoms with Gasteiger partial charge < -0.3 is 15.4 Å². The minimum atomic E-state index is -0.811. The molecule has 138 valence electrons.